The topological polar surface area (TPSA) is 41.5 Å². The Morgan fingerprint density at radius 2 is 1.58 bits per heavy atom. The third-order valence-corrected chi connectivity index (χ3v) is 4.95. The van der Waals surface area contributed by atoms with Crippen LogP contribution in [0.4, 0.5) is 0 Å². The van der Waals surface area contributed by atoms with Crippen LogP contribution in [0, 0.1) is 0 Å². The standard InChI is InChI=1S/C21H27NO2/c1-24-19-14-12-16(13-15-19)20(22-18-10-6-3-7-11-18)21(23)17-8-4-2-5-9-17/h2,4-5,8-9,12-15,18,20-23H,3,6-7,10-11H2,1H3. The molecule has 3 heteroatoms. The number of aliphatic hydroxyl groups is 1. The van der Waals surface area contributed by atoms with Crippen LogP contribution in [-0.4, -0.2) is 18.3 Å². The van der Waals surface area contributed by atoms with Gasteiger partial charge < -0.3 is 15.2 Å². The maximum absolute atomic E-state index is 11.0. The highest BCUT2D eigenvalue weighted by molar-refractivity contribution is 5.31. The Kier molecular flexibility index (Phi) is 5.89. The predicted octanol–water partition coefficient (Wildman–Crippen LogP) is 4.39. The van der Waals surface area contributed by atoms with E-state index in [0.717, 1.165) is 16.9 Å². The van der Waals surface area contributed by atoms with Gasteiger partial charge in [-0.25, -0.2) is 0 Å². The molecule has 0 amide bonds. The smallest absolute Gasteiger partial charge is 0.118 e. The minimum atomic E-state index is -0.568. The lowest BCUT2D eigenvalue weighted by Gasteiger charge is -2.32. The summed E-state index contributed by atoms with van der Waals surface area (Å²) in [5.41, 5.74) is 2.04. The van der Waals surface area contributed by atoms with E-state index in [1.165, 1.54) is 32.1 Å². The fraction of sp³-hybridized carbons (Fsp3) is 0.429. The minimum Gasteiger partial charge on any atom is -0.497 e. The van der Waals surface area contributed by atoms with Crippen LogP contribution in [0.2, 0.25) is 0 Å². The van der Waals surface area contributed by atoms with Crippen molar-refractivity contribution in [2.75, 3.05) is 7.11 Å². The zero-order valence-corrected chi connectivity index (χ0v) is 14.3. The van der Waals surface area contributed by atoms with Gasteiger partial charge in [-0.3, -0.25) is 0 Å². The summed E-state index contributed by atoms with van der Waals surface area (Å²) in [6.07, 6.45) is 5.68. The van der Waals surface area contributed by atoms with Gasteiger partial charge in [0.25, 0.3) is 0 Å². The zero-order valence-electron chi connectivity index (χ0n) is 14.3. The summed E-state index contributed by atoms with van der Waals surface area (Å²) in [5, 5.41) is 14.7. The van der Waals surface area contributed by atoms with Gasteiger partial charge in [-0.15, -0.1) is 0 Å². The van der Waals surface area contributed by atoms with Gasteiger partial charge in [-0.1, -0.05) is 61.7 Å². The molecule has 2 atom stereocenters. The van der Waals surface area contributed by atoms with Crippen LogP contribution in [0.25, 0.3) is 0 Å². The Balaban J connectivity index is 1.84. The minimum absolute atomic E-state index is 0.110. The van der Waals surface area contributed by atoms with E-state index < -0.39 is 6.10 Å². The van der Waals surface area contributed by atoms with Crippen LogP contribution in [0.3, 0.4) is 0 Å². The van der Waals surface area contributed by atoms with Crippen LogP contribution in [0.5, 0.6) is 5.75 Å². The molecule has 1 aliphatic carbocycles. The average Bonchev–Trinajstić information content (AvgIpc) is 2.67. The highest BCUT2D eigenvalue weighted by atomic mass is 16.5. The van der Waals surface area contributed by atoms with Gasteiger partial charge in [0.1, 0.15) is 5.75 Å². The molecule has 0 aromatic heterocycles. The summed E-state index contributed by atoms with van der Waals surface area (Å²) in [5.74, 6) is 0.837. The van der Waals surface area contributed by atoms with Gasteiger partial charge in [-0.2, -0.15) is 0 Å². The van der Waals surface area contributed by atoms with Crippen molar-refractivity contribution in [3.8, 4) is 5.75 Å². The van der Waals surface area contributed by atoms with E-state index in [9.17, 15) is 5.11 Å². The molecular formula is C21H27NO2. The van der Waals surface area contributed by atoms with E-state index in [2.05, 4.69) is 5.32 Å². The molecule has 2 unspecified atom stereocenters. The Morgan fingerprint density at radius 1 is 0.917 bits per heavy atom. The number of hydrogen-bond acceptors (Lipinski definition) is 3. The first kappa shape index (κ1) is 17.0. The maximum atomic E-state index is 11.0. The van der Waals surface area contributed by atoms with E-state index in [1.807, 2.05) is 54.6 Å². The van der Waals surface area contributed by atoms with Gasteiger partial charge in [0, 0.05) is 6.04 Å². The van der Waals surface area contributed by atoms with E-state index in [1.54, 1.807) is 7.11 Å². The summed E-state index contributed by atoms with van der Waals surface area (Å²) in [4.78, 5) is 0. The predicted molar refractivity (Wildman–Crippen MR) is 97.1 cm³/mol. The van der Waals surface area contributed by atoms with Gasteiger partial charge in [0.05, 0.1) is 19.3 Å². The Bertz CT molecular complexity index is 605. The average molecular weight is 325 g/mol. The molecule has 0 saturated heterocycles. The molecule has 1 saturated carbocycles. The molecule has 3 nitrogen and oxygen atoms in total. The number of ether oxygens (including phenoxy) is 1. The Hall–Kier alpha value is -1.84. The molecule has 1 fully saturated rings. The quantitative estimate of drug-likeness (QED) is 0.827. The second-order valence-corrected chi connectivity index (χ2v) is 6.61. The normalized spacial score (nSPS) is 18.1. The second kappa shape index (κ2) is 8.32. The highest BCUT2D eigenvalue weighted by Crippen LogP contribution is 2.32. The Morgan fingerprint density at radius 3 is 2.21 bits per heavy atom. The number of rotatable bonds is 6. The molecular weight excluding hydrogens is 298 g/mol. The number of nitrogens with one attached hydrogen (secondary N) is 1. The van der Waals surface area contributed by atoms with Crippen molar-refractivity contribution in [3.05, 3.63) is 65.7 Å². The fourth-order valence-electron chi connectivity index (χ4n) is 3.55. The lowest BCUT2D eigenvalue weighted by molar-refractivity contribution is 0.117. The van der Waals surface area contributed by atoms with E-state index in [-0.39, 0.29) is 6.04 Å². The number of methoxy groups -OCH3 is 1. The SMILES string of the molecule is COc1ccc(C(NC2CCCCC2)C(O)c2ccccc2)cc1. The van der Waals surface area contributed by atoms with Crippen molar-refractivity contribution in [2.45, 2.75) is 50.3 Å². The first-order chi connectivity index (χ1) is 11.8. The summed E-state index contributed by atoms with van der Waals surface area (Å²) < 4.78 is 5.26. The lowest BCUT2D eigenvalue weighted by Crippen LogP contribution is -2.37. The van der Waals surface area contributed by atoms with E-state index in [0.29, 0.717) is 6.04 Å². The molecule has 0 radical (unpaired) electrons. The monoisotopic (exact) mass is 325 g/mol. The van der Waals surface area contributed by atoms with Crippen molar-refractivity contribution >= 4 is 0 Å². The third-order valence-electron chi connectivity index (χ3n) is 4.95. The van der Waals surface area contributed by atoms with E-state index >= 15 is 0 Å². The van der Waals surface area contributed by atoms with Crippen LogP contribution in [0.1, 0.15) is 55.4 Å². The van der Waals surface area contributed by atoms with E-state index in [4.69, 9.17) is 4.74 Å². The van der Waals surface area contributed by atoms with Gasteiger partial charge >= 0.3 is 0 Å². The zero-order chi connectivity index (χ0) is 16.8. The molecule has 2 N–H and O–H groups in total. The number of hydrogen-bond donors (Lipinski definition) is 2. The van der Waals surface area contributed by atoms with Crippen molar-refractivity contribution in [1.29, 1.82) is 0 Å². The van der Waals surface area contributed by atoms with Crippen molar-refractivity contribution in [3.63, 3.8) is 0 Å². The summed E-state index contributed by atoms with van der Waals surface area (Å²) in [6.45, 7) is 0. The fourth-order valence-corrected chi connectivity index (χ4v) is 3.55. The molecule has 2 aromatic rings. The van der Waals surface area contributed by atoms with Crippen molar-refractivity contribution < 1.29 is 9.84 Å². The first-order valence-corrected chi connectivity index (χ1v) is 8.91. The second-order valence-electron chi connectivity index (χ2n) is 6.61. The van der Waals surface area contributed by atoms with Crippen LogP contribution < -0.4 is 10.1 Å². The van der Waals surface area contributed by atoms with Gasteiger partial charge in [0.2, 0.25) is 0 Å². The van der Waals surface area contributed by atoms with Gasteiger partial charge in [-0.05, 0) is 36.1 Å². The van der Waals surface area contributed by atoms with Crippen LogP contribution >= 0.6 is 0 Å². The first-order valence-electron chi connectivity index (χ1n) is 8.91. The molecule has 24 heavy (non-hydrogen) atoms. The summed E-state index contributed by atoms with van der Waals surface area (Å²) >= 11 is 0. The molecule has 3 rings (SSSR count). The summed E-state index contributed by atoms with van der Waals surface area (Å²) in [7, 11) is 1.67. The van der Waals surface area contributed by atoms with Gasteiger partial charge in [0.15, 0.2) is 0 Å². The number of benzene rings is 2. The molecule has 0 aliphatic heterocycles. The molecule has 0 spiro atoms. The molecule has 0 bridgehead atoms. The third kappa shape index (κ3) is 4.16. The molecule has 2 aromatic carbocycles. The summed E-state index contributed by atoms with van der Waals surface area (Å²) in [6, 6.07) is 18.3. The molecule has 0 heterocycles. The highest BCUT2D eigenvalue weighted by Gasteiger charge is 2.26. The van der Waals surface area contributed by atoms with Crippen LogP contribution in [0.15, 0.2) is 54.6 Å². The lowest BCUT2D eigenvalue weighted by atomic mass is 9.91. The maximum Gasteiger partial charge on any atom is 0.118 e. The molecule has 1 aliphatic rings. The van der Waals surface area contributed by atoms with Crippen LogP contribution in [-0.2, 0) is 0 Å². The van der Waals surface area contributed by atoms with Crippen molar-refractivity contribution in [1.82, 2.24) is 5.32 Å². The van der Waals surface area contributed by atoms with Crippen molar-refractivity contribution in [2.24, 2.45) is 0 Å². The Labute approximate surface area is 144 Å². The number of aliphatic hydroxyl groups excluding tert-OH is 1. The molecule has 128 valence electrons. The largest absolute Gasteiger partial charge is 0.497 e.